The minimum atomic E-state index is -1.97. The van der Waals surface area contributed by atoms with Crippen LogP contribution in [0, 0.1) is 0 Å². The van der Waals surface area contributed by atoms with Gasteiger partial charge in [-0.1, -0.05) is 0 Å². The summed E-state index contributed by atoms with van der Waals surface area (Å²) in [6.07, 6.45) is 0.659. The highest BCUT2D eigenvalue weighted by Crippen LogP contribution is 2.10. The van der Waals surface area contributed by atoms with Crippen LogP contribution < -0.4 is 5.32 Å². The van der Waals surface area contributed by atoms with Crippen LogP contribution in [-0.4, -0.2) is 63.6 Å². The van der Waals surface area contributed by atoms with Gasteiger partial charge in [0.1, 0.15) is 0 Å². The first-order valence-corrected chi connectivity index (χ1v) is 5.49. The number of aliphatic carboxylic acids is 1. The van der Waals surface area contributed by atoms with E-state index in [2.05, 4.69) is 5.32 Å². The third-order valence-electron chi connectivity index (χ3n) is 2.80. The summed E-state index contributed by atoms with van der Waals surface area (Å²) in [5.74, 6) is -1.38. The number of urea groups is 1. The SMILES string of the molecule is CC(O)(CNC(=O)N1CCC(O)CC1)C(=O)O. The van der Waals surface area contributed by atoms with Gasteiger partial charge < -0.3 is 25.5 Å². The third-order valence-corrected chi connectivity index (χ3v) is 2.80. The second-order valence-corrected chi connectivity index (χ2v) is 4.46. The molecule has 4 N–H and O–H groups in total. The number of rotatable bonds is 3. The molecule has 0 spiro atoms. The molecule has 0 aromatic heterocycles. The van der Waals surface area contributed by atoms with Crippen molar-refractivity contribution < 1.29 is 24.9 Å². The number of aliphatic hydroxyl groups excluding tert-OH is 1. The van der Waals surface area contributed by atoms with Crippen molar-refractivity contribution in [3.05, 3.63) is 0 Å². The van der Waals surface area contributed by atoms with Gasteiger partial charge in [-0.25, -0.2) is 9.59 Å². The molecule has 1 rings (SSSR count). The number of carboxylic acids is 1. The van der Waals surface area contributed by atoms with E-state index in [4.69, 9.17) is 5.11 Å². The van der Waals surface area contributed by atoms with Crippen molar-refractivity contribution in [2.24, 2.45) is 0 Å². The summed E-state index contributed by atoms with van der Waals surface area (Å²) in [6, 6.07) is -0.418. The van der Waals surface area contributed by atoms with Crippen LogP contribution in [0.4, 0.5) is 4.79 Å². The van der Waals surface area contributed by atoms with Crippen molar-refractivity contribution in [3.63, 3.8) is 0 Å². The fourth-order valence-corrected chi connectivity index (χ4v) is 1.50. The maximum atomic E-state index is 11.6. The van der Waals surface area contributed by atoms with Gasteiger partial charge in [-0.3, -0.25) is 0 Å². The van der Waals surface area contributed by atoms with Gasteiger partial charge in [0, 0.05) is 13.1 Å². The Balaban J connectivity index is 2.37. The zero-order valence-corrected chi connectivity index (χ0v) is 9.72. The fraction of sp³-hybridized carbons (Fsp3) is 0.800. The smallest absolute Gasteiger partial charge is 0.337 e. The Hall–Kier alpha value is -1.34. The monoisotopic (exact) mass is 246 g/mol. The highest BCUT2D eigenvalue weighted by atomic mass is 16.4. The quantitative estimate of drug-likeness (QED) is 0.510. The van der Waals surface area contributed by atoms with E-state index in [0.29, 0.717) is 25.9 Å². The lowest BCUT2D eigenvalue weighted by Crippen LogP contribution is -2.51. The Morgan fingerprint density at radius 3 is 2.41 bits per heavy atom. The highest BCUT2D eigenvalue weighted by molar-refractivity contribution is 5.79. The van der Waals surface area contributed by atoms with Crippen LogP contribution >= 0.6 is 0 Å². The Kier molecular flexibility index (Phi) is 4.30. The van der Waals surface area contributed by atoms with Gasteiger partial charge in [-0.2, -0.15) is 0 Å². The third kappa shape index (κ3) is 3.86. The van der Waals surface area contributed by atoms with E-state index in [1.807, 2.05) is 0 Å². The van der Waals surface area contributed by atoms with Gasteiger partial charge in [-0.05, 0) is 19.8 Å². The number of amides is 2. The molecule has 7 heteroatoms. The number of hydrogen-bond donors (Lipinski definition) is 4. The lowest BCUT2D eigenvalue weighted by molar-refractivity contribution is -0.155. The number of carbonyl (C=O) groups excluding carboxylic acids is 1. The summed E-state index contributed by atoms with van der Waals surface area (Å²) in [5, 5.41) is 29.7. The first kappa shape index (κ1) is 13.7. The number of aliphatic hydroxyl groups is 2. The Bertz CT molecular complexity index is 297. The van der Waals surface area contributed by atoms with Gasteiger partial charge in [0.2, 0.25) is 0 Å². The maximum absolute atomic E-state index is 11.6. The van der Waals surface area contributed by atoms with Gasteiger partial charge in [-0.15, -0.1) is 0 Å². The number of piperidine rings is 1. The normalized spacial score (nSPS) is 20.8. The average Bonchev–Trinajstić information content (AvgIpc) is 2.27. The fourth-order valence-electron chi connectivity index (χ4n) is 1.50. The van der Waals surface area contributed by atoms with Crippen molar-refractivity contribution in [2.45, 2.75) is 31.5 Å². The van der Waals surface area contributed by atoms with Gasteiger partial charge in [0.25, 0.3) is 0 Å². The number of carbonyl (C=O) groups is 2. The van der Waals surface area contributed by atoms with E-state index < -0.39 is 17.6 Å². The molecule has 0 bridgehead atoms. The number of likely N-dealkylation sites (tertiary alicyclic amines) is 1. The standard InChI is InChI=1S/C10H18N2O5/c1-10(17,8(14)15)6-11-9(16)12-4-2-7(13)3-5-12/h7,13,17H,2-6H2,1H3,(H,11,16)(H,14,15). The Morgan fingerprint density at radius 2 is 1.94 bits per heavy atom. The predicted molar refractivity (Wildman–Crippen MR) is 58.5 cm³/mol. The molecule has 0 aromatic carbocycles. The molecular weight excluding hydrogens is 228 g/mol. The molecule has 1 atom stereocenters. The van der Waals surface area contributed by atoms with Crippen molar-refractivity contribution in [3.8, 4) is 0 Å². The van der Waals surface area contributed by atoms with Crippen molar-refractivity contribution in [1.82, 2.24) is 10.2 Å². The van der Waals surface area contributed by atoms with Crippen LogP contribution in [0.15, 0.2) is 0 Å². The van der Waals surface area contributed by atoms with E-state index in [0.717, 1.165) is 6.92 Å². The summed E-state index contributed by atoms with van der Waals surface area (Å²) in [5.41, 5.74) is -1.97. The molecule has 0 saturated carbocycles. The molecule has 98 valence electrons. The lowest BCUT2D eigenvalue weighted by atomic mass is 10.1. The average molecular weight is 246 g/mol. The number of nitrogens with zero attached hydrogens (tertiary/aromatic N) is 1. The first-order chi connectivity index (χ1) is 7.83. The van der Waals surface area contributed by atoms with Crippen molar-refractivity contribution in [2.75, 3.05) is 19.6 Å². The van der Waals surface area contributed by atoms with E-state index in [1.165, 1.54) is 4.90 Å². The van der Waals surface area contributed by atoms with E-state index in [-0.39, 0.29) is 12.6 Å². The predicted octanol–water partition coefficient (Wildman–Crippen LogP) is -1.01. The van der Waals surface area contributed by atoms with Crippen molar-refractivity contribution in [1.29, 1.82) is 0 Å². The van der Waals surface area contributed by atoms with Crippen LogP contribution in [0.1, 0.15) is 19.8 Å². The molecular formula is C10H18N2O5. The molecule has 7 nitrogen and oxygen atoms in total. The molecule has 1 aliphatic heterocycles. The highest BCUT2D eigenvalue weighted by Gasteiger charge is 2.31. The largest absolute Gasteiger partial charge is 0.479 e. The van der Waals surface area contributed by atoms with Crippen LogP contribution in [-0.2, 0) is 4.79 Å². The Morgan fingerprint density at radius 1 is 1.41 bits per heavy atom. The summed E-state index contributed by atoms with van der Waals surface area (Å²) in [6.45, 7) is 1.64. The van der Waals surface area contributed by atoms with Gasteiger partial charge in [0.05, 0.1) is 12.6 Å². The molecule has 1 aliphatic rings. The van der Waals surface area contributed by atoms with E-state index in [9.17, 15) is 19.8 Å². The van der Waals surface area contributed by atoms with Crippen LogP contribution in [0.5, 0.6) is 0 Å². The van der Waals surface area contributed by atoms with E-state index in [1.54, 1.807) is 0 Å². The minimum Gasteiger partial charge on any atom is -0.479 e. The topological polar surface area (TPSA) is 110 Å². The lowest BCUT2D eigenvalue weighted by Gasteiger charge is -2.30. The van der Waals surface area contributed by atoms with Crippen LogP contribution in [0.2, 0.25) is 0 Å². The van der Waals surface area contributed by atoms with Crippen LogP contribution in [0.25, 0.3) is 0 Å². The van der Waals surface area contributed by atoms with Gasteiger partial charge in [0.15, 0.2) is 5.60 Å². The number of nitrogens with one attached hydrogen (secondary N) is 1. The summed E-state index contributed by atoms with van der Waals surface area (Å²) < 4.78 is 0. The molecule has 0 aromatic rings. The maximum Gasteiger partial charge on any atom is 0.337 e. The molecule has 0 radical (unpaired) electrons. The van der Waals surface area contributed by atoms with Crippen molar-refractivity contribution >= 4 is 12.0 Å². The molecule has 1 heterocycles. The second-order valence-electron chi connectivity index (χ2n) is 4.46. The molecule has 2 amide bonds. The zero-order chi connectivity index (χ0) is 13.1. The summed E-state index contributed by atoms with van der Waals surface area (Å²) in [7, 11) is 0. The first-order valence-electron chi connectivity index (χ1n) is 5.49. The molecule has 1 unspecified atom stereocenters. The van der Waals surface area contributed by atoms with Gasteiger partial charge >= 0.3 is 12.0 Å². The number of carboxylic acid groups (broad SMARTS) is 1. The summed E-state index contributed by atoms with van der Waals surface area (Å²) in [4.78, 5) is 23.7. The molecule has 1 saturated heterocycles. The molecule has 1 fully saturated rings. The number of hydrogen-bond acceptors (Lipinski definition) is 4. The summed E-state index contributed by atoms with van der Waals surface area (Å²) >= 11 is 0. The zero-order valence-electron chi connectivity index (χ0n) is 9.72. The Labute approximate surface area is 99.0 Å². The van der Waals surface area contributed by atoms with Crippen LogP contribution in [0.3, 0.4) is 0 Å². The van der Waals surface area contributed by atoms with E-state index >= 15 is 0 Å². The molecule has 0 aliphatic carbocycles. The second kappa shape index (κ2) is 5.33. The minimum absolute atomic E-state index is 0.347. The molecule has 17 heavy (non-hydrogen) atoms.